The van der Waals surface area contributed by atoms with Gasteiger partial charge in [0.05, 0.1) is 32.8 Å². The van der Waals surface area contributed by atoms with Crippen LogP contribution in [0.15, 0.2) is 18.2 Å². The number of anilines is 1. The maximum atomic E-state index is 12.3. The van der Waals surface area contributed by atoms with Crippen LogP contribution in [0, 0.1) is 11.3 Å². The van der Waals surface area contributed by atoms with Crippen LogP contribution in [0.1, 0.15) is 12.8 Å². The van der Waals surface area contributed by atoms with Crippen LogP contribution < -0.4 is 19.7 Å². The van der Waals surface area contributed by atoms with E-state index in [0.29, 0.717) is 30.3 Å². The molecule has 0 aliphatic carbocycles. The maximum absolute atomic E-state index is 12.3. The Morgan fingerprint density at radius 1 is 1.40 bits per heavy atom. The molecule has 8 heteroatoms. The van der Waals surface area contributed by atoms with Crippen LogP contribution in [-0.2, 0) is 4.79 Å². The van der Waals surface area contributed by atoms with E-state index in [4.69, 9.17) is 14.7 Å². The third-order valence-corrected chi connectivity index (χ3v) is 4.04. The minimum Gasteiger partial charge on any atom is -0.493 e. The SMILES string of the molecule is COc1ccc(N2CC(NC(=O)N(C)CCC#N)CC2=O)cc1OC. The number of urea groups is 1. The number of hydrogen-bond acceptors (Lipinski definition) is 5. The summed E-state index contributed by atoms with van der Waals surface area (Å²) < 4.78 is 10.5. The van der Waals surface area contributed by atoms with E-state index in [1.165, 1.54) is 12.0 Å². The van der Waals surface area contributed by atoms with Crippen molar-refractivity contribution in [2.75, 3.05) is 39.3 Å². The highest BCUT2D eigenvalue weighted by atomic mass is 16.5. The van der Waals surface area contributed by atoms with Gasteiger partial charge in [0, 0.05) is 38.3 Å². The molecule has 0 spiro atoms. The average molecular weight is 346 g/mol. The first-order valence-electron chi connectivity index (χ1n) is 7.91. The molecule has 1 heterocycles. The molecule has 1 N–H and O–H groups in total. The first-order valence-corrected chi connectivity index (χ1v) is 7.91. The minimum atomic E-state index is -0.290. The van der Waals surface area contributed by atoms with Crippen molar-refractivity contribution < 1.29 is 19.1 Å². The summed E-state index contributed by atoms with van der Waals surface area (Å²) in [6.45, 7) is 0.731. The molecule has 0 bridgehead atoms. The van der Waals surface area contributed by atoms with E-state index < -0.39 is 0 Å². The van der Waals surface area contributed by atoms with E-state index >= 15 is 0 Å². The standard InChI is InChI=1S/C17H22N4O4/c1-20(8-4-7-18)17(23)19-12-9-16(22)21(11-12)13-5-6-14(24-2)15(10-13)25-3/h5-6,10,12H,4,8-9,11H2,1-3H3,(H,19,23). The third kappa shape index (κ3) is 4.32. The van der Waals surface area contributed by atoms with Crippen molar-refractivity contribution in [2.24, 2.45) is 0 Å². The number of nitrogens with one attached hydrogen (secondary N) is 1. The van der Waals surface area contributed by atoms with Crippen molar-refractivity contribution in [1.82, 2.24) is 10.2 Å². The molecule has 1 saturated heterocycles. The molecule has 25 heavy (non-hydrogen) atoms. The molecule has 1 aliphatic rings. The van der Waals surface area contributed by atoms with Crippen LogP contribution in [0.2, 0.25) is 0 Å². The Balaban J connectivity index is 2.03. The van der Waals surface area contributed by atoms with Crippen LogP contribution in [0.25, 0.3) is 0 Å². The van der Waals surface area contributed by atoms with Gasteiger partial charge in [-0.3, -0.25) is 4.79 Å². The molecule has 0 radical (unpaired) electrons. The second kappa shape index (κ2) is 8.24. The van der Waals surface area contributed by atoms with Gasteiger partial charge < -0.3 is 24.6 Å². The van der Waals surface area contributed by atoms with E-state index in [1.54, 1.807) is 37.3 Å². The Morgan fingerprint density at radius 2 is 2.12 bits per heavy atom. The van der Waals surface area contributed by atoms with Gasteiger partial charge in [0.2, 0.25) is 5.91 Å². The number of nitriles is 1. The lowest BCUT2D eigenvalue weighted by molar-refractivity contribution is -0.117. The number of benzene rings is 1. The quantitative estimate of drug-likeness (QED) is 0.839. The van der Waals surface area contributed by atoms with Crippen molar-refractivity contribution in [1.29, 1.82) is 5.26 Å². The molecule has 1 atom stereocenters. The number of hydrogen-bond donors (Lipinski definition) is 1. The second-order valence-electron chi connectivity index (χ2n) is 5.72. The summed E-state index contributed by atoms with van der Waals surface area (Å²) in [5, 5.41) is 11.4. The van der Waals surface area contributed by atoms with Crippen molar-refractivity contribution in [3.8, 4) is 17.6 Å². The van der Waals surface area contributed by atoms with Crippen molar-refractivity contribution >= 4 is 17.6 Å². The van der Waals surface area contributed by atoms with Crippen LogP contribution in [-0.4, -0.2) is 57.2 Å². The lowest BCUT2D eigenvalue weighted by Crippen LogP contribution is -2.44. The summed E-state index contributed by atoms with van der Waals surface area (Å²) in [7, 11) is 4.70. The summed E-state index contributed by atoms with van der Waals surface area (Å²) in [6, 6.07) is 6.68. The monoisotopic (exact) mass is 346 g/mol. The van der Waals surface area contributed by atoms with E-state index in [-0.39, 0.29) is 30.8 Å². The lowest BCUT2D eigenvalue weighted by Gasteiger charge is -2.21. The molecule has 3 amide bonds. The van der Waals surface area contributed by atoms with Gasteiger partial charge in [0.1, 0.15) is 0 Å². The zero-order valence-corrected chi connectivity index (χ0v) is 14.6. The van der Waals surface area contributed by atoms with Crippen LogP contribution in [0.3, 0.4) is 0 Å². The molecule has 1 unspecified atom stereocenters. The average Bonchev–Trinajstić information content (AvgIpc) is 2.98. The van der Waals surface area contributed by atoms with E-state index in [9.17, 15) is 9.59 Å². The van der Waals surface area contributed by atoms with Crippen molar-refractivity contribution in [3.05, 3.63) is 18.2 Å². The Bertz CT molecular complexity index is 686. The molecule has 1 aliphatic heterocycles. The van der Waals surface area contributed by atoms with Gasteiger partial charge in [-0.15, -0.1) is 0 Å². The zero-order valence-electron chi connectivity index (χ0n) is 14.6. The molecular weight excluding hydrogens is 324 g/mol. The summed E-state index contributed by atoms with van der Waals surface area (Å²) in [5.41, 5.74) is 0.692. The first-order chi connectivity index (χ1) is 12.0. The summed E-state index contributed by atoms with van der Waals surface area (Å²) in [5.74, 6) is 1.05. The molecule has 0 saturated carbocycles. The van der Waals surface area contributed by atoms with Gasteiger partial charge in [0.25, 0.3) is 0 Å². The van der Waals surface area contributed by atoms with E-state index in [2.05, 4.69) is 5.32 Å². The second-order valence-corrected chi connectivity index (χ2v) is 5.72. The van der Waals surface area contributed by atoms with Crippen LogP contribution in [0.5, 0.6) is 11.5 Å². The number of carbonyl (C=O) groups is 2. The maximum Gasteiger partial charge on any atom is 0.317 e. The van der Waals surface area contributed by atoms with Crippen molar-refractivity contribution in [2.45, 2.75) is 18.9 Å². The topological polar surface area (TPSA) is 94.9 Å². The Morgan fingerprint density at radius 3 is 2.76 bits per heavy atom. The molecule has 134 valence electrons. The summed E-state index contributed by atoms with van der Waals surface area (Å²) in [4.78, 5) is 27.4. The fourth-order valence-electron chi connectivity index (χ4n) is 2.65. The predicted molar refractivity (Wildman–Crippen MR) is 91.7 cm³/mol. The number of amides is 3. The molecule has 1 fully saturated rings. The molecule has 1 aromatic carbocycles. The molecule has 2 rings (SSSR count). The number of nitrogens with zero attached hydrogens (tertiary/aromatic N) is 3. The minimum absolute atomic E-state index is 0.0720. The van der Waals surface area contributed by atoms with Crippen LogP contribution >= 0.6 is 0 Å². The molecule has 0 aromatic heterocycles. The van der Waals surface area contributed by atoms with Gasteiger partial charge in [-0.1, -0.05) is 0 Å². The van der Waals surface area contributed by atoms with Gasteiger partial charge in [0.15, 0.2) is 11.5 Å². The lowest BCUT2D eigenvalue weighted by atomic mass is 10.2. The summed E-state index contributed by atoms with van der Waals surface area (Å²) >= 11 is 0. The fraction of sp³-hybridized carbons (Fsp3) is 0.471. The fourth-order valence-corrected chi connectivity index (χ4v) is 2.65. The number of ether oxygens (including phenoxy) is 2. The van der Waals surface area contributed by atoms with Gasteiger partial charge >= 0.3 is 6.03 Å². The van der Waals surface area contributed by atoms with Gasteiger partial charge in [-0.25, -0.2) is 4.79 Å². The van der Waals surface area contributed by atoms with Crippen molar-refractivity contribution in [3.63, 3.8) is 0 Å². The van der Waals surface area contributed by atoms with Gasteiger partial charge in [-0.05, 0) is 12.1 Å². The first kappa shape index (κ1) is 18.4. The Labute approximate surface area is 146 Å². The predicted octanol–water partition coefficient (Wildman–Crippen LogP) is 1.36. The Kier molecular flexibility index (Phi) is 6.06. The molecule has 8 nitrogen and oxygen atoms in total. The molecular formula is C17H22N4O4. The summed E-state index contributed by atoms with van der Waals surface area (Å²) in [6.07, 6.45) is 0.497. The highest BCUT2D eigenvalue weighted by Crippen LogP contribution is 2.33. The Hall–Kier alpha value is -2.95. The third-order valence-electron chi connectivity index (χ3n) is 4.04. The van der Waals surface area contributed by atoms with Gasteiger partial charge in [-0.2, -0.15) is 5.26 Å². The zero-order chi connectivity index (χ0) is 18.4. The highest BCUT2D eigenvalue weighted by Gasteiger charge is 2.32. The largest absolute Gasteiger partial charge is 0.493 e. The molecule has 1 aromatic rings. The van der Waals surface area contributed by atoms with E-state index in [0.717, 1.165) is 0 Å². The number of methoxy groups -OCH3 is 2. The normalized spacial score (nSPS) is 16.3. The smallest absolute Gasteiger partial charge is 0.317 e. The number of rotatable bonds is 6. The highest BCUT2D eigenvalue weighted by molar-refractivity contribution is 5.97. The van der Waals surface area contributed by atoms with E-state index in [1.807, 2.05) is 6.07 Å². The number of carbonyl (C=O) groups excluding carboxylic acids is 2. The van der Waals surface area contributed by atoms with Crippen LogP contribution in [0.4, 0.5) is 10.5 Å².